The fourth-order valence-corrected chi connectivity index (χ4v) is 3.09. The highest BCUT2D eigenvalue weighted by molar-refractivity contribution is 5.99. The van der Waals surface area contributed by atoms with E-state index in [1.165, 1.54) is 12.1 Å². The Labute approximate surface area is 203 Å². The summed E-state index contributed by atoms with van der Waals surface area (Å²) in [6.45, 7) is 3.81. The van der Waals surface area contributed by atoms with Gasteiger partial charge in [-0.3, -0.25) is 5.10 Å². The van der Waals surface area contributed by atoms with Gasteiger partial charge in [0, 0.05) is 35.2 Å². The number of nitrogens with zero attached hydrogens (tertiary/aromatic N) is 4. The number of H-pyrrole nitrogens is 1. The summed E-state index contributed by atoms with van der Waals surface area (Å²) in [4.78, 5) is 25.3. The molecular weight excluding hydrogens is 475 g/mol. The molecule has 0 aliphatic rings. The van der Waals surface area contributed by atoms with Crippen LogP contribution in [0.15, 0.2) is 54.6 Å². The molecular formula is C23H22F3N9O. The average molecular weight is 497 g/mol. The molecule has 0 unspecified atom stereocenters. The van der Waals surface area contributed by atoms with E-state index in [0.717, 1.165) is 17.8 Å². The number of rotatable bonds is 7. The Balaban J connectivity index is 1.37. The molecule has 2 heterocycles. The molecule has 5 N–H and O–H groups in total. The number of aromatic nitrogens is 5. The van der Waals surface area contributed by atoms with Crippen LogP contribution in [0.4, 0.5) is 52.7 Å². The number of alkyl halides is 3. The minimum Gasteiger partial charge on any atom is -0.324 e. The molecule has 2 aromatic carbocycles. The molecule has 2 aromatic heterocycles. The topological polar surface area (TPSA) is 133 Å². The van der Waals surface area contributed by atoms with E-state index in [9.17, 15) is 18.0 Å². The summed E-state index contributed by atoms with van der Waals surface area (Å²) in [5.41, 5.74) is 1.47. The summed E-state index contributed by atoms with van der Waals surface area (Å²) < 4.78 is 38.0. The molecule has 36 heavy (non-hydrogen) atoms. The van der Waals surface area contributed by atoms with Crippen molar-refractivity contribution in [1.82, 2.24) is 25.1 Å². The number of carbonyl (C=O) groups is 1. The van der Waals surface area contributed by atoms with E-state index in [1.54, 1.807) is 24.3 Å². The van der Waals surface area contributed by atoms with Crippen molar-refractivity contribution in [1.29, 1.82) is 0 Å². The van der Waals surface area contributed by atoms with Crippen LogP contribution in [0, 0.1) is 6.92 Å². The Bertz CT molecular complexity index is 1340. The molecule has 0 aliphatic carbocycles. The van der Waals surface area contributed by atoms with Crippen LogP contribution in [0.1, 0.15) is 24.0 Å². The first-order valence-corrected chi connectivity index (χ1v) is 10.8. The predicted molar refractivity (Wildman–Crippen MR) is 130 cm³/mol. The number of amides is 2. The minimum absolute atomic E-state index is 0.231. The number of hydrogen-bond donors (Lipinski definition) is 5. The monoisotopic (exact) mass is 497 g/mol. The van der Waals surface area contributed by atoms with E-state index in [4.69, 9.17) is 0 Å². The Hall–Kier alpha value is -4.68. The van der Waals surface area contributed by atoms with E-state index in [2.05, 4.69) is 46.4 Å². The van der Waals surface area contributed by atoms with Gasteiger partial charge in [0.2, 0.25) is 11.9 Å². The second kappa shape index (κ2) is 10.3. The lowest BCUT2D eigenvalue weighted by Crippen LogP contribution is -2.19. The molecule has 0 spiro atoms. The maximum Gasteiger partial charge on any atom is 0.416 e. The third kappa shape index (κ3) is 6.46. The SMILES string of the molecule is CCc1nc(Nc2ccc(NC(=O)Nc3ccc(C(F)(F)F)cc3)cc2)nc(Nc2cc(C)[nH]n2)n1. The van der Waals surface area contributed by atoms with Crippen LogP contribution in [0.5, 0.6) is 0 Å². The van der Waals surface area contributed by atoms with Crippen LogP contribution >= 0.6 is 0 Å². The minimum atomic E-state index is -4.44. The predicted octanol–water partition coefficient (Wildman–Crippen LogP) is 5.62. The van der Waals surface area contributed by atoms with Crippen LogP contribution in [0.25, 0.3) is 0 Å². The van der Waals surface area contributed by atoms with Gasteiger partial charge in [0.25, 0.3) is 0 Å². The molecule has 13 heteroatoms. The molecule has 4 aromatic rings. The number of nitrogens with one attached hydrogen (secondary N) is 5. The largest absolute Gasteiger partial charge is 0.416 e. The van der Waals surface area contributed by atoms with Crippen LogP contribution in [-0.4, -0.2) is 31.2 Å². The van der Waals surface area contributed by atoms with Gasteiger partial charge in [-0.15, -0.1) is 0 Å². The first kappa shape index (κ1) is 24.4. The summed E-state index contributed by atoms with van der Waals surface area (Å²) in [5.74, 6) is 1.84. The molecule has 4 rings (SSSR count). The van der Waals surface area contributed by atoms with Crippen molar-refractivity contribution in [2.75, 3.05) is 21.3 Å². The van der Waals surface area contributed by atoms with Crippen LogP contribution < -0.4 is 21.3 Å². The third-order valence-electron chi connectivity index (χ3n) is 4.81. The second-order valence-electron chi connectivity index (χ2n) is 7.67. The van der Waals surface area contributed by atoms with E-state index in [0.29, 0.717) is 41.3 Å². The van der Waals surface area contributed by atoms with E-state index in [1.807, 2.05) is 19.9 Å². The lowest BCUT2D eigenvalue weighted by Gasteiger charge is -2.11. The normalized spacial score (nSPS) is 11.1. The molecule has 0 aliphatic heterocycles. The summed E-state index contributed by atoms with van der Waals surface area (Å²) in [5, 5.41) is 18.2. The molecule has 0 fully saturated rings. The number of urea groups is 1. The van der Waals surface area contributed by atoms with Gasteiger partial charge in [0.05, 0.1) is 5.56 Å². The molecule has 2 amide bonds. The molecule has 186 valence electrons. The van der Waals surface area contributed by atoms with Gasteiger partial charge < -0.3 is 21.3 Å². The second-order valence-corrected chi connectivity index (χ2v) is 7.67. The standard InChI is InChI=1S/C23H22F3N9O/c1-3-18-30-20(33-21(31-18)32-19-12-13(2)34-35-19)27-15-8-10-17(11-9-15)29-22(36)28-16-6-4-14(5-7-16)23(24,25)26/h4-12H,3H2,1-2H3,(H2,28,29,36)(H3,27,30,31,32,33,34,35). The Morgan fingerprint density at radius 1 is 0.861 bits per heavy atom. The maximum atomic E-state index is 12.7. The van der Waals surface area contributed by atoms with Crippen molar-refractivity contribution < 1.29 is 18.0 Å². The van der Waals surface area contributed by atoms with Crippen LogP contribution in [0.2, 0.25) is 0 Å². The number of carbonyl (C=O) groups excluding carboxylic acids is 1. The Morgan fingerprint density at radius 2 is 1.42 bits per heavy atom. The molecule has 0 saturated heterocycles. The zero-order valence-corrected chi connectivity index (χ0v) is 19.2. The zero-order valence-electron chi connectivity index (χ0n) is 19.2. The van der Waals surface area contributed by atoms with E-state index >= 15 is 0 Å². The summed E-state index contributed by atoms with van der Waals surface area (Å²) >= 11 is 0. The van der Waals surface area contributed by atoms with Gasteiger partial charge in [0.1, 0.15) is 5.82 Å². The van der Waals surface area contributed by atoms with Gasteiger partial charge >= 0.3 is 12.2 Å². The van der Waals surface area contributed by atoms with Crippen molar-refractivity contribution in [3.63, 3.8) is 0 Å². The number of benzene rings is 2. The van der Waals surface area contributed by atoms with Gasteiger partial charge in [0.15, 0.2) is 5.82 Å². The van der Waals surface area contributed by atoms with Crippen molar-refractivity contribution >= 4 is 40.8 Å². The summed E-state index contributed by atoms with van der Waals surface area (Å²) in [6, 6.07) is 12.1. The maximum absolute atomic E-state index is 12.7. The quantitative estimate of drug-likeness (QED) is 0.224. The Kier molecular flexibility index (Phi) is 6.99. The van der Waals surface area contributed by atoms with E-state index in [-0.39, 0.29) is 5.69 Å². The molecule has 0 bridgehead atoms. The number of aryl methyl sites for hydroxylation is 2. The Morgan fingerprint density at radius 3 is 1.94 bits per heavy atom. The molecule has 0 saturated carbocycles. The highest BCUT2D eigenvalue weighted by Gasteiger charge is 2.30. The van der Waals surface area contributed by atoms with Crippen LogP contribution in [0.3, 0.4) is 0 Å². The molecule has 0 atom stereocenters. The lowest BCUT2D eigenvalue weighted by atomic mass is 10.2. The van der Waals surface area contributed by atoms with Gasteiger partial charge in [-0.2, -0.15) is 33.2 Å². The fourth-order valence-electron chi connectivity index (χ4n) is 3.09. The summed E-state index contributed by atoms with van der Waals surface area (Å²) in [6.07, 6.45) is -3.84. The van der Waals surface area contributed by atoms with Gasteiger partial charge in [-0.05, 0) is 55.5 Å². The summed E-state index contributed by atoms with van der Waals surface area (Å²) in [7, 11) is 0. The number of anilines is 6. The smallest absolute Gasteiger partial charge is 0.324 e. The molecule has 10 nitrogen and oxygen atoms in total. The first-order chi connectivity index (χ1) is 17.2. The highest BCUT2D eigenvalue weighted by Crippen LogP contribution is 2.30. The molecule has 0 radical (unpaired) electrons. The van der Waals surface area contributed by atoms with Crippen LogP contribution in [-0.2, 0) is 12.6 Å². The number of aromatic amines is 1. The lowest BCUT2D eigenvalue weighted by molar-refractivity contribution is -0.137. The zero-order chi connectivity index (χ0) is 25.7. The third-order valence-corrected chi connectivity index (χ3v) is 4.81. The average Bonchev–Trinajstić information content (AvgIpc) is 3.24. The van der Waals surface area contributed by atoms with E-state index < -0.39 is 17.8 Å². The van der Waals surface area contributed by atoms with Crippen molar-refractivity contribution in [2.24, 2.45) is 0 Å². The number of hydrogen-bond acceptors (Lipinski definition) is 7. The van der Waals surface area contributed by atoms with Gasteiger partial charge in [-0.25, -0.2) is 4.79 Å². The van der Waals surface area contributed by atoms with Crippen molar-refractivity contribution in [3.8, 4) is 0 Å². The van der Waals surface area contributed by atoms with Crippen molar-refractivity contribution in [3.05, 3.63) is 71.7 Å². The first-order valence-electron chi connectivity index (χ1n) is 10.8. The number of halogens is 3. The van der Waals surface area contributed by atoms with Crippen molar-refractivity contribution in [2.45, 2.75) is 26.4 Å². The fraction of sp³-hybridized carbons (Fsp3) is 0.174. The van der Waals surface area contributed by atoms with Gasteiger partial charge in [-0.1, -0.05) is 6.92 Å². The highest BCUT2D eigenvalue weighted by atomic mass is 19.4.